The maximum Gasteiger partial charge on any atom is 0.145 e. The van der Waals surface area contributed by atoms with Gasteiger partial charge in [0.25, 0.3) is 0 Å². The smallest absolute Gasteiger partial charge is 0.145 e. The Bertz CT molecular complexity index is 1140. The molecule has 0 aliphatic rings. The summed E-state index contributed by atoms with van der Waals surface area (Å²) in [5.74, 6) is 1.41. The van der Waals surface area contributed by atoms with Gasteiger partial charge in [-0.05, 0) is 55.3 Å². The van der Waals surface area contributed by atoms with Crippen LogP contribution >= 0.6 is 0 Å². The second-order valence-corrected chi connectivity index (χ2v) is 5.60. The Morgan fingerprint density at radius 2 is 1.52 bits per heavy atom. The van der Waals surface area contributed by atoms with Crippen LogP contribution in [0.3, 0.4) is 0 Å². The van der Waals surface area contributed by atoms with Gasteiger partial charge in [0.05, 0.1) is 28.6 Å². The predicted molar refractivity (Wildman–Crippen MR) is 105 cm³/mol. The van der Waals surface area contributed by atoms with E-state index in [9.17, 15) is 0 Å². The van der Waals surface area contributed by atoms with Crippen molar-refractivity contribution in [2.45, 2.75) is 0 Å². The summed E-state index contributed by atoms with van der Waals surface area (Å²) in [6.07, 6.45) is 3.35. The minimum atomic E-state index is 0.683. The molecule has 0 saturated carbocycles. The number of benzene rings is 2. The van der Waals surface area contributed by atoms with Crippen molar-refractivity contribution in [1.82, 2.24) is 4.98 Å². The van der Waals surface area contributed by atoms with E-state index in [2.05, 4.69) is 29.3 Å². The molecule has 0 fully saturated rings. The van der Waals surface area contributed by atoms with Crippen molar-refractivity contribution < 1.29 is 4.42 Å². The van der Waals surface area contributed by atoms with Crippen LogP contribution in [0.15, 0.2) is 75.6 Å². The lowest BCUT2D eigenvalue weighted by molar-refractivity contribution is 0.550. The average Bonchev–Trinajstić information content (AvgIpc) is 3.12. The highest BCUT2D eigenvalue weighted by atomic mass is 16.3. The minimum absolute atomic E-state index is 0.683. The van der Waals surface area contributed by atoms with E-state index >= 15 is 0 Å². The van der Waals surface area contributed by atoms with Crippen LogP contribution in [0.25, 0.3) is 27.9 Å². The maximum absolute atomic E-state index is 5.53. The number of aliphatic imine (C=N–C) groups is 2. The lowest BCUT2D eigenvalue weighted by atomic mass is 10.1. The molecule has 25 heavy (non-hydrogen) atoms. The molecule has 4 rings (SSSR count). The third-order valence-corrected chi connectivity index (χ3v) is 3.95. The van der Waals surface area contributed by atoms with Crippen LogP contribution < -0.4 is 0 Å². The van der Waals surface area contributed by atoms with Crippen molar-refractivity contribution in [2.24, 2.45) is 9.98 Å². The molecule has 0 aliphatic carbocycles. The standard InChI is InChI=1S/C21H15N3O/c1-3-18-8-9-19(25-18)13-23-17-7-5-15-10-14-4-6-16(22-2)11-20(14)24-21(15)12-17/h3-13H,1-2H2. The Morgan fingerprint density at radius 3 is 2.20 bits per heavy atom. The lowest BCUT2D eigenvalue weighted by Gasteiger charge is -2.03. The van der Waals surface area contributed by atoms with E-state index in [1.165, 1.54) is 0 Å². The number of hydrogen-bond donors (Lipinski definition) is 0. The van der Waals surface area contributed by atoms with Crippen LogP contribution in [0.1, 0.15) is 11.5 Å². The molecule has 0 N–H and O–H groups in total. The Balaban J connectivity index is 1.73. The Morgan fingerprint density at radius 1 is 0.840 bits per heavy atom. The highest BCUT2D eigenvalue weighted by Gasteiger charge is 2.02. The molecular formula is C21H15N3O. The Labute approximate surface area is 144 Å². The monoisotopic (exact) mass is 325 g/mol. The van der Waals surface area contributed by atoms with E-state index in [-0.39, 0.29) is 0 Å². The second kappa shape index (κ2) is 6.17. The van der Waals surface area contributed by atoms with E-state index in [0.29, 0.717) is 5.76 Å². The first-order valence-corrected chi connectivity index (χ1v) is 7.83. The number of aromatic nitrogens is 1. The van der Waals surface area contributed by atoms with Crippen LogP contribution in [0.4, 0.5) is 11.4 Å². The van der Waals surface area contributed by atoms with Crippen molar-refractivity contribution in [3.05, 3.63) is 72.7 Å². The maximum atomic E-state index is 5.53. The van der Waals surface area contributed by atoms with Gasteiger partial charge >= 0.3 is 0 Å². The zero-order chi connectivity index (χ0) is 17.2. The van der Waals surface area contributed by atoms with Crippen molar-refractivity contribution in [1.29, 1.82) is 0 Å². The summed E-state index contributed by atoms with van der Waals surface area (Å²) in [6, 6.07) is 17.6. The molecule has 2 aromatic carbocycles. The zero-order valence-corrected chi connectivity index (χ0v) is 13.5. The molecule has 0 spiro atoms. The minimum Gasteiger partial charge on any atom is -0.456 e. The number of rotatable bonds is 4. The summed E-state index contributed by atoms with van der Waals surface area (Å²) in [5.41, 5.74) is 3.40. The van der Waals surface area contributed by atoms with Gasteiger partial charge in [-0.3, -0.25) is 9.98 Å². The van der Waals surface area contributed by atoms with E-state index in [1.807, 2.05) is 48.5 Å². The first kappa shape index (κ1) is 15.0. The molecule has 120 valence electrons. The highest BCUT2D eigenvalue weighted by molar-refractivity contribution is 5.95. The molecule has 0 unspecified atom stereocenters. The van der Waals surface area contributed by atoms with Crippen molar-refractivity contribution >= 4 is 52.2 Å². The fraction of sp³-hybridized carbons (Fsp3) is 0. The second-order valence-electron chi connectivity index (χ2n) is 5.60. The van der Waals surface area contributed by atoms with Gasteiger partial charge < -0.3 is 4.42 Å². The number of hydrogen-bond acceptors (Lipinski definition) is 4. The van der Waals surface area contributed by atoms with Gasteiger partial charge in [-0.1, -0.05) is 18.7 Å². The normalized spacial score (nSPS) is 11.4. The SMILES string of the molecule is C=Cc1ccc(C=Nc2ccc3cc4ccc(N=C)cc4nc3c2)o1. The molecule has 4 heteroatoms. The number of furan rings is 1. The third kappa shape index (κ3) is 2.97. The van der Waals surface area contributed by atoms with E-state index in [4.69, 9.17) is 9.40 Å². The van der Waals surface area contributed by atoms with Crippen molar-refractivity contribution in [3.63, 3.8) is 0 Å². The molecule has 4 nitrogen and oxygen atoms in total. The van der Waals surface area contributed by atoms with Gasteiger partial charge in [-0.15, -0.1) is 0 Å². The summed E-state index contributed by atoms with van der Waals surface area (Å²) >= 11 is 0. The molecule has 0 saturated heterocycles. The molecule has 0 bridgehead atoms. The van der Waals surface area contributed by atoms with Crippen LogP contribution in [0.2, 0.25) is 0 Å². The van der Waals surface area contributed by atoms with Crippen LogP contribution in [0.5, 0.6) is 0 Å². The van der Waals surface area contributed by atoms with Gasteiger partial charge in [0.2, 0.25) is 0 Å². The summed E-state index contributed by atoms with van der Waals surface area (Å²) < 4.78 is 5.53. The molecule has 0 amide bonds. The molecule has 4 aromatic rings. The Hall–Kier alpha value is -3.53. The summed E-state index contributed by atoms with van der Waals surface area (Å²) in [5, 5.41) is 2.14. The van der Waals surface area contributed by atoms with Gasteiger partial charge in [0.15, 0.2) is 0 Å². The highest BCUT2D eigenvalue weighted by Crippen LogP contribution is 2.26. The van der Waals surface area contributed by atoms with Crippen LogP contribution in [0, 0.1) is 0 Å². The number of nitrogens with zero attached hydrogens (tertiary/aromatic N) is 3. The summed E-state index contributed by atoms with van der Waals surface area (Å²) in [6.45, 7) is 7.24. The fourth-order valence-electron chi connectivity index (χ4n) is 2.66. The van der Waals surface area contributed by atoms with Crippen molar-refractivity contribution in [3.8, 4) is 0 Å². The van der Waals surface area contributed by atoms with Crippen LogP contribution in [-0.2, 0) is 0 Å². The van der Waals surface area contributed by atoms with Gasteiger partial charge in [0, 0.05) is 10.8 Å². The van der Waals surface area contributed by atoms with Gasteiger partial charge in [0.1, 0.15) is 11.5 Å². The molecular weight excluding hydrogens is 310 g/mol. The van der Waals surface area contributed by atoms with Gasteiger partial charge in [-0.2, -0.15) is 0 Å². The average molecular weight is 325 g/mol. The van der Waals surface area contributed by atoms with Gasteiger partial charge in [-0.25, -0.2) is 4.98 Å². The summed E-state index contributed by atoms with van der Waals surface area (Å²) in [7, 11) is 0. The summed E-state index contributed by atoms with van der Waals surface area (Å²) in [4.78, 5) is 13.1. The first-order valence-electron chi connectivity index (χ1n) is 7.83. The van der Waals surface area contributed by atoms with E-state index in [0.717, 1.165) is 38.9 Å². The Kier molecular flexibility index (Phi) is 3.71. The first-order chi connectivity index (χ1) is 12.2. The van der Waals surface area contributed by atoms with E-state index in [1.54, 1.807) is 12.3 Å². The molecule has 0 aliphatic heterocycles. The van der Waals surface area contributed by atoms with E-state index < -0.39 is 0 Å². The largest absolute Gasteiger partial charge is 0.456 e. The zero-order valence-electron chi connectivity index (χ0n) is 13.5. The quantitative estimate of drug-likeness (QED) is 0.356. The molecule has 0 radical (unpaired) electrons. The number of fused-ring (bicyclic) bond motifs is 2. The lowest BCUT2D eigenvalue weighted by Crippen LogP contribution is -1.83. The molecule has 0 atom stereocenters. The fourth-order valence-corrected chi connectivity index (χ4v) is 2.66. The molecule has 2 aromatic heterocycles. The van der Waals surface area contributed by atoms with Crippen LogP contribution in [-0.4, -0.2) is 17.9 Å². The topological polar surface area (TPSA) is 50.8 Å². The third-order valence-electron chi connectivity index (χ3n) is 3.95. The number of pyridine rings is 1. The van der Waals surface area contributed by atoms with Crippen molar-refractivity contribution in [2.75, 3.05) is 0 Å². The molecule has 2 heterocycles. The predicted octanol–water partition coefficient (Wildman–Crippen LogP) is 5.71.